The summed E-state index contributed by atoms with van der Waals surface area (Å²) in [6, 6.07) is 1.68. The fraction of sp³-hybridized carbons (Fsp3) is 0.650. The van der Waals surface area contributed by atoms with Gasteiger partial charge in [0.05, 0.1) is 10.0 Å². The van der Waals surface area contributed by atoms with E-state index in [9.17, 15) is 9.59 Å². The Morgan fingerprint density at radius 2 is 1.71 bits per heavy atom. The monoisotopic (exact) mass is 428 g/mol. The lowest BCUT2D eigenvalue weighted by Crippen LogP contribution is -2.49. The van der Waals surface area contributed by atoms with E-state index >= 15 is 0 Å². The Labute approximate surface area is 177 Å². The van der Waals surface area contributed by atoms with Crippen LogP contribution in [0.1, 0.15) is 46.0 Å². The third-order valence-corrected chi connectivity index (χ3v) is 5.33. The number of anilines is 1. The lowest BCUT2D eigenvalue weighted by molar-refractivity contribution is -0.133. The second kappa shape index (κ2) is 11.5. The molecule has 1 fully saturated rings. The van der Waals surface area contributed by atoms with E-state index in [2.05, 4.69) is 23.7 Å². The molecule has 0 saturated carbocycles. The maximum atomic E-state index is 12.5. The van der Waals surface area contributed by atoms with Gasteiger partial charge in [0.25, 0.3) is 0 Å². The maximum Gasteiger partial charge on any atom is 0.222 e. The average molecular weight is 429 g/mol. The first-order valence-corrected chi connectivity index (χ1v) is 10.8. The van der Waals surface area contributed by atoms with Crippen molar-refractivity contribution >= 4 is 40.8 Å². The molecule has 156 valence electrons. The number of pyridine rings is 1. The van der Waals surface area contributed by atoms with Crippen LogP contribution < -0.4 is 4.90 Å². The van der Waals surface area contributed by atoms with Crippen LogP contribution in [0.25, 0.3) is 0 Å². The molecule has 1 aliphatic heterocycles. The van der Waals surface area contributed by atoms with Crippen molar-refractivity contribution in [3.05, 3.63) is 22.3 Å². The summed E-state index contributed by atoms with van der Waals surface area (Å²) in [4.78, 5) is 34.9. The van der Waals surface area contributed by atoms with Crippen molar-refractivity contribution in [3.8, 4) is 0 Å². The molecule has 1 saturated heterocycles. The standard InChI is InChI=1S/C20H30Cl2N4O2/c1-3-8-24(9-4-2)18(27)6-5-7-19(28)25-10-12-26(13-11-25)20-17(22)14-16(21)15-23-20/h14-15H,3-13H2,1-2H3. The number of carbonyl (C=O) groups excluding carboxylic acids is 2. The van der Waals surface area contributed by atoms with Crippen LogP contribution in [0.5, 0.6) is 0 Å². The van der Waals surface area contributed by atoms with Gasteiger partial charge >= 0.3 is 0 Å². The van der Waals surface area contributed by atoms with Crippen LogP contribution in [0.15, 0.2) is 12.3 Å². The Hall–Kier alpha value is -1.53. The summed E-state index contributed by atoms with van der Waals surface area (Å²) in [5, 5.41) is 1.03. The van der Waals surface area contributed by atoms with Crippen LogP contribution in [-0.2, 0) is 9.59 Å². The number of hydrogen-bond donors (Lipinski definition) is 0. The SMILES string of the molecule is CCCN(CCC)C(=O)CCCC(=O)N1CCN(c2ncc(Cl)cc2Cl)CC1. The highest BCUT2D eigenvalue weighted by atomic mass is 35.5. The average Bonchev–Trinajstić information content (AvgIpc) is 2.68. The number of carbonyl (C=O) groups is 2. The molecule has 0 N–H and O–H groups in total. The number of piperazine rings is 1. The van der Waals surface area contributed by atoms with E-state index in [0.717, 1.165) is 25.9 Å². The molecule has 0 bridgehead atoms. The van der Waals surface area contributed by atoms with Gasteiger partial charge in [-0.25, -0.2) is 4.98 Å². The van der Waals surface area contributed by atoms with Crippen molar-refractivity contribution in [1.82, 2.24) is 14.8 Å². The Kier molecular flexibility index (Phi) is 9.32. The molecule has 1 aliphatic rings. The number of amides is 2. The van der Waals surface area contributed by atoms with Gasteiger partial charge in [0.1, 0.15) is 5.82 Å². The molecule has 0 unspecified atom stereocenters. The number of rotatable bonds is 9. The minimum Gasteiger partial charge on any atom is -0.352 e. The number of aromatic nitrogens is 1. The van der Waals surface area contributed by atoms with Crippen LogP contribution >= 0.6 is 23.2 Å². The Balaban J connectivity index is 1.75. The minimum atomic E-state index is 0.111. The first kappa shape index (κ1) is 22.8. The molecule has 2 amide bonds. The van der Waals surface area contributed by atoms with Gasteiger partial charge in [-0.1, -0.05) is 37.0 Å². The minimum absolute atomic E-state index is 0.111. The number of nitrogens with zero attached hydrogens (tertiary/aromatic N) is 4. The zero-order valence-corrected chi connectivity index (χ0v) is 18.3. The van der Waals surface area contributed by atoms with Gasteiger partial charge < -0.3 is 14.7 Å². The normalized spacial score (nSPS) is 14.3. The van der Waals surface area contributed by atoms with Gasteiger partial charge in [0.15, 0.2) is 0 Å². The Bertz CT molecular complexity index is 658. The van der Waals surface area contributed by atoms with Crippen molar-refractivity contribution in [3.63, 3.8) is 0 Å². The third kappa shape index (κ3) is 6.52. The van der Waals surface area contributed by atoms with Crippen LogP contribution in [-0.4, -0.2) is 65.9 Å². The van der Waals surface area contributed by atoms with E-state index in [1.807, 2.05) is 9.80 Å². The molecular weight excluding hydrogens is 399 g/mol. The molecule has 0 aromatic carbocycles. The second-order valence-corrected chi connectivity index (χ2v) is 7.90. The highest BCUT2D eigenvalue weighted by Crippen LogP contribution is 2.26. The van der Waals surface area contributed by atoms with Crippen LogP contribution in [0.4, 0.5) is 5.82 Å². The topological polar surface area (TPSA) is 56.8 Å². The lowest BCUT2D eigenvalue weighted by atomic mass is 10.2. The summed E-state index contributed by atoms with van der Waals surface area (Å²) in [5.41, 5.74) is 0. The predicted molar refractivity (Wildman–Crippen MR) is 114 cm³/mol. The quantitative estimate of drug-likeness (QED) is 0.598. The summed E-state index contributed by atoms with van der Waals surface area (Å²) in [6.07, 6.45) is 4.96. The summed E-state index contributed by atoms with van der Waals surface area (Å²) in [6.45, 7) is 8.36. The van der Waals surface area contributed by atoms with E-state index in [-0.39, 0.29) is 11.8 Å². The number of halogens is 2. The van der Waals surface area contributed by atoms with Crippen LogP contribution in [0.3, 0.4) is 0 Å². The van der Waals surface area contributed by atoms with Gasteiger partial charge in [-0.15, -0.1) is 0 Å². The molecule has 28 heavy (non-hydrogen) atoms. The summed E-state index contributed by atoms with van der Waals surface area (Å²) in [5.74, 6) is 0.973. The van der Waals surface area contributed by atoms with Crippen molar-refractivity contribution < 1.29 is 9.59 Å². The Morgan fingerprint density at radius 1 is 1.07 bits per heavy atom. The summed E-state index contributed by atoms with van der Waals surface area (Å²) >= 11 is 12.1. The predicted octanol–water partition coefficient (Wildman–Crippen LogP) is 3.86. The van der Waals surface area contributed by atoms with E-state index in [1.165, 1.54) is 0 Å². The summed E-state index contributed by atoms with van der Waals surface area (Å²) < 4.78 is 0. The molecule has 6 nitrogen and oxygen atoms in total. The van der Waals surface area contributed by atoms with Gasteiger partial charge in [-0.2, -0.15) is 0 Å². The fourth-order valence-electron chi connectivity index (χ4n) is 3.42. The molecule has 0 radical (unpaired) electrons. The largest absolute Gasteiger partial charge is 0.352 e. The van der Waals surface area contributed by atoms with Gasteiger partial charge in [0, 0.05) is 58.3 Å². The molecule has 2 heterocycles. The zero-order valence-electron chi connectivity index (χ0n) is 16.8. The second-order valence-electron chi connectivity index (χ2n) is 7.06. The summed E-state index contributed by atoms with van der Waals surface area (Å²) in [7, 11) is 0. The van der Waals surface area contributed by atoms with Gasteiger partial charge in [-0.3, -0.25) is 9.59 Å². The van der Waals surface area contributed by atoms with Crippen molar-refractivity contribution in [2.24, 2.45) is 0 Å². The molecule has 0 aliphatic carbocycles. The van der Waals surface area contributed by atoms with E-state index in [0.29, 0.717) is 61.3 Å². The van der Waals surface area contributed by atoms with E-state index < -0.39 is 0 Å². The molecule has 1 aromatic rings. The lowest BCUT2D eigenvalue weighted by Gasteiger charge is -2.35. The van der Waals surface area contributed by atoms with Crippen molar-refractivity contribution in [2.75, 3.05) is 44.2 Å². The third-order valence-electron chi connectivity index (χ3n) is 4.84. The van der Waals surface area contributed by atoms with Crippen molar-refractivity contribution in [2.45, 2.75) is 46.0 Å². The van der Waals surface area contributed by atoms with Crippen molar-refractivity contribution in [1.29, 1.82) is 0 Å². The molecular formula is C20H30Cl2N4O2. The maximum absolute atomic E-state index is 12.5. The van der Waals surface area contributed by atoms with E-state index in [1.54, 1.807) is 12.3 Å². The molecule has 1 aromatic heterocycles. The highest BCUT2D eigenvalue weighted by molar-refractivity contribution is 6.36. The zero-order chi connectivity index (χ0) is 20.5. The highest BCUT2D eigenvalue weighted by Gasteiger charge is 2.23. The fourth-order valence-corrected chi connectivity index (χ4v) is 3.92. The molecule has 0 spiro atoms. The van der Waals surface area contributed by atoms with Crippen LogP contribution in [0.2, 0.25) is 10.0 Å². The molecule has 8 heteroatoms. The molecule has 0 atom stereocenters. The van der Waals surface area contributed by atoms with Gasteiger partial charge in [0.2, 0.25) is 11.8 Å². The molecule has 2 rings (SSSR count). The smallest absolute Gasteiger partial charge is 0.222 e. The van der Waals surface area contributed by atoms with Gasteiger partial charge in [-0.05, 0) is 25.3 Å². The first-order chi connectivity index (χ1) is 13.5. The number of hydrogen-bond acceptors (Lipinski definition) is 4. The Morgan fingerprint density at radius 3 is 2.29 bits per heavy atom. The van der Waals surface area contributed by atoms with E-state index in [4.69, 9.17) is 23.2 Å². The first-order valence-electron chi connectivity index (χ1n) is 10.1. The van der Waals surface area contributed by atoms with Crippen LogP contribution in [0, 0.1) is 0 Å².